The second kappa shape index (κ2) is 6.59. The molecule has 0 aliphatic carbocycles. The van der Waals surface area contributed by atoms with Crippen LogP contribution in [-0.2, 0) is 0 Å². The van der Waals surface area contributed by atoms with Crippen LogP contribution in [0, 0.1) is 0 Å². The standard InChI is InChI=1S/C13H14Cl2N4/c1-2-4-16-13-17-5-3-12(19-13)18-11-7-9(14)6-10(15)8-11/h3,5-8H,2,4H2,1H3,(H2,16,17,18,19). The summed E-state index contributed by atoms with van der Waals surface area (Å²) >= 11 is 11.9. The lowest BCUT2D eigenvalue weighted by Gasteiger charge is -2.08. The molecule has 0 spiro atoms. The molecule has 2 rings (SSSR count). The molecule has 0 bridgehead atoms. The molecule has 1 aromatic heterocycles. The van der Waals surface area contributed by atoms with Crippen LogP contribution in [-0.4, -0.2) is 16.5 Å². The molecule has 100 valence electrons. The summed E-state index contributed by atoms with van der Waals surface area (Å²) in [5, 5.41) is 7.43. The van der Waals surface area contributed by atoms with Crippen molar-refractivity contribution in [3.63, 3.8) is 0 Å². The molecule has 2 aromatic rings. The van der Waals surface area contributed by atoms with Gasteiger partial charge in [0.1, 0.15) is 5.82 Å². The number of nitrogens with zero attached hydrogens (tertiary/aromatic N) is 2. The maximum atomic E-state index is 5.95. The van der Waals surface area contributed by atoms with Crippen molar-refractivity contribution in [3.8, 4) is 0 Å². The molecule has 0 atom stereocenters. The van der Waals surface area contributed by atoms with Gasteiger partial charge in [0.15, 0.2) is 0 Å². The Labute approximate surface area is 122 Å². The minimum absolute atomic E-state index is 0.577. The molecular formula is C13H14Cl2N4. The number of halogens is 2. The Morgan fingerprint density at radius 3 is 2.58 bits per heavy atom. The Kier molecular flexibility index (Phi) is 4.82. The minimum atomic E-state index is 0.577. The average Bonchev–Trinajstić information content (AvgIpc) is 2.35. The van der Waals surface area contributed by atoms with Gasteiger partial charge in [-0.2, -0.15) is 4.98 Å². The fraction of sp³-hybridized carbons (Fsp3) is 0.231. The number of hydrogen-bond acceptors (Lipinski definition) is 4. The van der Waals surface area contributed by atoms with E-state index in [0.29, 0.717) is 21.8 Å². The Morgan fingerprint density at radius 2 is 1.89 bits per heavy atom. The molecule has 2 N–H and O–H groups in total. The third kappa shape index (κ3) is 4.26. The first-order valence-corrected chi connectivity index (χ1v) is 6.73. The molecule has 0 saturated heterocycles. The summed E-state index contributed by atoms with van der Waals surface area (Å²) in [5.41, 5.74) is 0.789. The second-order valence-corrected chi connectivity index (χ2v) is 4.85. The molecule has 0 radical (unpaired) electrons. The van der Waals surface area contributed by atoms with Gasteiger partial charge >= 0.3 is 0 Å². The first-order chi connectivity index (χ1) is 9.17. The van der Waals surface area contributed by atoms with Crippen LogP contribution < -0.4 is 10.6 Å². The highest BCUT2D eigenvalue weighted by atomic mass is 35.5. The van der Waals surface area contributed by atoms with Gasteiger partial charge in [-0.25, -0.2) is 4.98 Å². The zero-order chi connectivity index (χ0) is 13.7. The zero-order valence-electron chi connectivity index (χ0n) is 10.5. The van der Waals surface area contributed by atoms with Gasteiger partial charge in [-0.05, 0) is 30.7 Å². The van der Waals surface area contributed by atoms with Gasteiger partial charge < -0.3 is 10.6 Å². The van der Waals surface area contributed by atoms with Crippen molar-refractivity contribution in [2.24, 2.45) is 0 Å². The molecule has 0 saturated carbocycles. The highest BCUT2D eigenvalue weighted by molar-refractivity contribution is 6.35. The van der Waals surface area contributed by atoms with E-state index in [1.54, 1.807) is 30.5 Å². The van der Waals surface area contributed by atoms with E-state index < -0.39 is 0 Å². The molecule has 0 aliphatic rings. The van der Waals surface area contributed by atoms with Gasteiger partial charge in [0, 0.05) is 28.5 Å². The molecule has 0 amide bonds. The Morgan fingerprint density at radius 1 is 1.16 bits per heavy atom. The number of hydrogen-bond donors (Lipinski definition) is 2. The third-order valence-electron chi connectivity index (χ3n) is 2.32. The number of nitrogens with one attached hydrogen (secondary N) is 2. The van der Waals surface area contributed by atoms with E-state index in [1.807, 2.05) is 0 Å². The van der Waals surface area contributed by atoms with Crippen LogP contribution in [0.25, 0.3) is 0 Å². The predicted octanol–water partition coefficient (Wildman–Crippen LogP) is 4.35. The maximum absolute atomic E-state index is 5.95. The Bertz CT molecular complexity index is 540. The highest BCUT2D eigenvalue weighted by Gasteiger charge is 2.01. The fourth-order valence-corrected chi connectivity index (χ4v) is 2.05. The molecule has 1 aromatic carbocycles. The molecule has 0 aliphatic heterocycles. The van der Waals surface area contributed by atoms with Gasteiger partial charge in [0.05, 0.1) is 0 Å². The first kappa shape index (κ1) is 13.9. The van der Waals surface area contributed by atoms with Crippen LogP contribution in [0.1, 0.15) is 13.3 Å². The predicted molar refractivity (Wildman–Crippen MR) is 80.6 cm³/mol. The topological polar surface area (TPSA) is 49.8 Å². The van der Waals surface area contributed by atoms with E-state index in [2.05, 4.69) is 27.5 Å². The summed E-state index contributed by atoms with van der Waals surface area (Å²) in [6, 6.07) is 7.04. The van der Waals surface area contributed by atoms with Crippen molar-refractivity contribution in [3.05, 3.63) is 40.5 Å². The van der Waals surface area contributed by atoms with Gasteiger partial charge in [-0.15, -0.1) is 0 Å². The van der Waals surface area contributed by atoms with E-state index in [4.69, 9.17) is 23.2 Å². The van der Waals surface area contributed by atoms with Crippen LogP contribution >= 0.6 is 23.2 Å². The van der Waals surface area contributed by atoms with Gasteiger partial charge in [0.25, 0.3) is 0 Å². The lowest BCUT2D eigenvalue weighted by atomic mass is 10.3. The van der Waals surface area contributed by atoms with E-state index in [9.17, 15) is 0 Å². The lowest BCUT2D eigenvalue weighted by Crippen LogP contribution is -2.05. The van der Waals surface area contributed by atoms with Crippen LogP contribution in [0.2, 0.25) is 10.0 Å². The van der Waals surface area contributed by atoms with E-state index >= 15 is 0 Å². The number of anilines is 3. The fourth-order valence-electron chi connectivity index (χ4n) is 1.52. The smallest absolute Gasteiger partial charge is 0.224 e. The SMILES string of the molecule is CCCNc1nccc(Nc2cc(Cl)cc(Cl)c2)n1. The van der Waals surface area contributed by atoms with Crippen LogP contribution in [0.3, 0.4) is 0 Å². The molecule has 19 heavy (non-hydrogen) atoms. The van der Waals surface area contributed by atoms with Gasteiger partial charge in [-0.3, -0.25) is 0 Å². The second-order valence-electron chi connectivity index (χ2n) is 3.98. The molecule has 1 heterocycles. The Hall–Kier alpha value is -1.52. The monoisotopic (exact) mass is 296 g/mol. The molecule has 4 nitrogen and oxygen atoms in total. The normalized spacial score (nSPS) is 10.3. The highest BCUT2D eigenvalue weighted by Crippen LogP contribution is 2.24. The maximum Gasteiger partial charge on any atom is 0.224 e. The Balaban J connectivity index is 2.13. The summed E-state index contributed by atoms with van der Waals surface area (Å²) in [6.45, 7) is 2.93. The van der Waals surface area contributed by atoms with Crippen molar-refractivity contribution in [1.29, 1.82) is 0 Å². The van der Waals surface area contributed by atoms with E-state index in [-0.39, 0.29) is 0 Å². The van der Waals surface area contributed by atoms with E-state index in [1.165, 1.54) is 0 Å². The largest absolute Gasteiger partial charge is 0.354 e. The summed E-state index contributed by atoms with van der Waals surface area (Å²) < 4.78 is 0. The molecule has 0 fully saturated rings. The first-order valence-electron chi connectivity index (χ1n) is 5.97. The van der Waals surface area contributed by atoms with Crippen molar-refractivity contribution in [2.45, 2.75) is 13.3 Å². The van der Waals surface area contributed by atoms with Crippen molar-refractivity contribution < 1.29 is 0 Å². The molecule has 6 heteroatoms. The average molecular weight is 297 g/mol. The molecule has 0 unspecified atom stereocenters. The van der Waals surface area contributed by atoms with E-state index in [0.717, 1.165) is 18.7 Å². The number of benzene rings is 1. The van der Waals surface area contributed by atoms with Crippen LogP contribution in [0.5, 0.6) is 0 Å². The van der Waals surface area contributed by atoms with Crippen molar-refractivity contribution >= 4 is 40.7 Å². The summed E-state index contributed by atoms with van der Waals surface area (Å²) in [6.07, 6.45) is 2.71. The van der Waals surface area contributed by atoms with Crippen molar-refractivity contribution in [2.75, 3.05) is 17.2 Å². The third-order valence-corrected chi connectivity index (χ3v) is 2.76. The van der Waals surface area contributed by atoms with Crippen LogP contribution in [0.4, 0.5) is 17.5 Å². The zero-order valence-corrected chi connectivity index (χ0v) is 12.0. The quantitative estimate of drug-likeness (QED) is 0.861. The number of rotatable bonds is 5. The van der Waals surface area contributed by atoms with Gasteiger partial charge in [-0.1, -0.05) is 30.1 Å². The molecular weight excluding hydrogens is 283 g/mol. The van der Waals surface area contributed by atoms with Gasteiger partial charge in [0.2, 0.25) is 5.95 Å². The summed E-state index contributed by atoms with van der Waals surface area (Å²) in [4.78, 5) is 8.48. The summed E-state index contributed by atoms with van der Waals surface area (Å²) in [5.74, 6) is 1.28. The number of aromatic nitrogens is 2. The lowest BCUT2D eigenvalue weighted by molar-refractivity contribution is 0.953. The summed E-state index contributed by atoms with van der Waals surface area (Å²) in [7, 11) is 0. The minimum Gasteiger partial charge on any atom is -0.354 e. The van der Waals surface area contributed by atoms with Crippen LogP contribution in [0.15, 0.2) is 30.5 Å². The van der Waals surface area contributed by atoms with Crippen molar-refractivity contribution in [1.82, 2.24) is 9.97 Å².